The highest BCUT2D eigenvalue weighted by atomic mass is 19.4. The van der Waals surface area contributed by atoms with E-state index < -0.39 is 36.1 Å². The molecular weight excluding hydrogens is 524 g/mol. The monoisotopic (exact) mass is 553 g/mol. The molecule has 0 saturated carbocycles. The number of carbonyl (C=O) groups is 2. The minimum Gasteiger partial charge on any atom is -0.476 e. The van der Waals surface area contributed by atoms with E-state index in [0.29, 0.717) is 12.0 Å². The van der Waals surface area contributed by atoms with Crippen molar-refractivity contribution in [2.45, 2.75) is 64.2 Å². The number of alkyl halides is 6. The lowest BCUT2D eigenvalue weighted by Gasteiger charge is -2.35. The summed E-state index contributed by atoms with van der Waals surface area (Å²) in [7, 11) is 0. The summed E-state index contributed by atoms with van der Waals surface area (Å²) in [6.45, 7) is 5.41. The number of nitrogens with zero attached hydrogens (tertiary/aromatic N) is 3. The van der Waals surface area contributed by atoms with Gasteiger partial charge in [0.1, 0.15) is 5.75 Å². The number of hydrogen-bond donors (Lipinski definition) is 0. The molecule has 0 unspecified atom stereocenters. The molecule has 0 atom stereocenters. The molecule has 1 fully saturated rings. The van der Waals surface area contributed by atoms with Gasteiger partial charge in [-0.2, -0.15) is 31.6 Å². The van der Waals surface area contributed by atoms with Gasteiger partial charge >= 0.3 is 24.4 Å². The molecule has 1 aromatic carbocycles. The van der Waals surface area contributed by atoms with E-state index in [1.165, 1.54) is 19.9 Å². The summed E-state index contributed by atoms with van der Waals surface area (Å²) >= 11 is 0. The maximum Gasteiger partial charge on any atom is 0.434 e. The van der Waals surface area contributed by atoms with Gasteiger partial charge in [-0.05, 0) is 44.0 Å². The predicted octanol–water partition coefficient (Wildman–Crippen LogP) is 4.81. The van der Waals surface area contributed by atoms with Crippen LogP contribution in [0.1, 0.15) is 44.7 Å². The molecule has 1 aliphatic heterocycles. The molecule has 0 aliphatic carbocycles. The van der Waals surface area contributed by atoms with Crippen molar-refractivity contribution in [2.75, 3.05) is 32.8 Å². The summed E-state index contributed by atoms with van der Waals surface area (Å²) in [5.41, 5.74) is -0.477. The van der Waals surface area contributed by atoms with Crippen molar-refractivity contribution < 1.29 is 50.1 Å². The van der Waals surface area contributed by atoms with Crippen molar-refractivity contribution in [1.29, 1.82) is 5.26 Å². The fourth-order valence-electron chi connectivity index (χ4n) is 3.54. The van der Waals surface area contributed by atoms with Crippen LogP contribution in [-0.4, -0.2) is 78.7 Å². The van der Waals surface area contributed by atoms with Gasteiger partial charge in [-0.3, -0.25) is 4.90 Å². The molecule has 38 heavy (non-hydrogen) atoms. The molecule has 1 aromatic rings. The molecule has 0 aromatic heterocycles. The normalized spacial score (nSPS) is 15.2. The Morgan fingerprint density at radius 2 is 1.63 bits per heavy atom. The highest BCUT2D eigenvalue weighted by molar-refractivity contribution is 5.79. The minimum atomic E-state index is -5.79. The molecule has 1 heterocycles. The first kappa shape index (κ1) is 31.0. The summed E-state index contributed by atoms with van der Waals surface area (Å²) in [4.78, 5) is 26.9. The van der Waals surface area contributed by atoms with Crippen LogP contribution in [0, 0.1) is 11.3 Å². The van der Waals surface area contributed by atoms with Crippen LogP contribution in [-0.2, 0) is 20.8 Å². The van der Waals surface area contributed by atoms with Gasteiger partial charge < -0.3 is 19.1 Å². The number of unbranched alkanes of at least 4 members (excludes halogenated alkanes) is 1. The van der Waals surface area contributed by atoms with Crippen LogP contribution in [0.15, 0.2) is 18.2 Å². The standard InChI is InChI=1S/C24H29F6N3O5/c1-4-5-10-36-20(34)22(2,3)38-18-12-16(14-31)11-17(13-18)15-32-6-8-33(9-7-32)21(35)37-19(23(25,26)27)24(28,29)30/h11-13,19H,4-10,15H2,1-3H3. The van der Waals surface area contributed by atoms with Gasteiger partial charge in [-0.15, -0.1) is 0 Å². The molecule has 0 spiro atoms. The number of halogens is 6. The average Bonchev–Trinajstić information content (AvgIpc) is 2.81. The smallest absolute Gasteiger partial charge is 0.434 e. The molecule has 0 N–H and O–H groups in total. The van der Waals surface area contributed by atoms with Gasteiger partial charge in [0.05, 0.1) is 18.2 Å². The molecule has 8 nitrogen and oxygen atoms in total. The third-order valence-corrected chi connectivity index (χ3v) is 5.54. The molecule has 14 heteroatoms. The summed E-state index contributed by atoms with van der Waals surface area (Å²) in [5, 5.41) is 9.40. The Morgan fingerprint density at radius 3 is 2.16 bits per heavy atom. The Morgan fingerprint density at radius 1 is 1.03 bits per heavy atom. The number of ether oxygens (including phenoxy) is 3. The van der Waals surface area contributed by atoms with E-state index in [4.69, 9.17) is 9.47 Å². The van der Waals surface area contributed by atoms with Gasteiger partial charge in [0, 0.05) is 32.7 Å². The van der Waals surface area contributed by atoms with Crippen molar-refractivity contribution in [1.82, 2.24) is 9.80 Å². The van der Waals surface area contributed by atoms with E-state index in [2.05, 4.69) is 4.74 Å². The predicted molar refractivity (Wildman–Crippen MR) is 121 cm³/mol. The number of hydrogen-bond acceptors (Lipinski definition) is 7. The summed E-state index contributed by atoms with van der Waals surface area (Å²) < 4.78 is 90.8. The number of piperazine rings is 1. The number of esters is 1. The Hall–Kier alpha value is -3.21. The van der Waals surface area contributed by atoms with Crippen LogP contribution >= 0.6 is 0 Å². The van der Waals surface area contributed by atoms with Gasteiger partial charge in [0.25, 0.3) is 6.10 Å². The SMILES string of the molecule is CCCCOC(=O)C(C)(C)Oc1cc(C#N)cc(CN2CCN(C(=O)OC(C(F)(F)F)C(F)(F)F)CC2)c1. The van der Waals surface area contributed by atoms with Crippen molar-refractivity contribution in [3.8, 4) is 11.8 Å². The lowest BCUT2D eigenvalue weighted by molar-refractivity contribution is -0.308. The Labute approximate surface area is 216 Å². The first-order chi connectivity index (χ1) is 17.6. The van der Waals surface area contributed by atoms with Gasteiger partial charge in [-0.25, -0.2) is 9.59 Å². The van der Waals surface area contributed by atoms with Crippen molar-refractivity contribution in [3.05, 3.63) is 29.3 Å². The maximum absolute atomic E-state index is 12.7. The van der Waals surface area contributed by atoms with E-state index in [1.54, 1.807) is 17.0 Å². The largest absolute Gasteiger partial charge is 0.476 e. The Kier molecular flexibility index (Phi) is 10.2. The number of amides is 1. The van der Waals surface area contributed by atoms with E-state index in [1.807, 2.05) is 13.0 Å². The molecular formula is C24H29F6N3O5. The molecule has 0 radical (unpaired) electrons. The molecule has 212 valence electrons. The van der Waals surface area contributed by atoms with Crippen LogP contribution in [0.2, 0.25) is 0 Å². The van der Waals surface area contributed by atoms with Gasteiger partial charge in [0.2, 0.25) is 0 Å². The molecule has 1 saturated heterocycles. The number of carbonyl (C=O) groups excluding carboxylic acids is 2. The number of benzene rings is 1. The average molecular weight is 554 g/mol. The fourth-order valence-corrected chi connectivity index (χ4v) is 3.54. The van der Waals surface area contributed by atoms with Crippen LogP contribution in [0.25, 0.3) is 0 Å². The van der Waals surface area contributed by atoms with Crippen LogP contribution < -0.4 is 4.74 Å². The summed E-state index contributed by atoms with van der Waals surface area (Å²) in [5.74, 6) is -0.333. The molecule has 0 bridgehead atoms. The fraction of sp³-hybridized carbons (Fsp3) is 0.625. The van der Waals surface area contributed by atoms with Crippen molar-refractivity contribution >= 4 is 12.1 Å². The quantitative estimate of drug-likeness (QED) is 0.246. The van der Waals surface area contributed by atoms with E-state index >= 15 is 0 Å². The second kappa shape index (κ2) is 12.6. The lowest BCUT2D eigenvalue weighted by atomic mass is 10.1. The third kappa shape index (κ3) is 8.97. The second-order valence-corrected chi connectivity index (χ2v) is 9.19. The third-order valence-electron chi connectivity index (χ3n) is 5.54. The first-order valence-corrected chi connectivity index (χ1v) is 11.8. The van der Waals surface area contributed by atoms with Gasteiger partial charge in [0.15, 0.2) is 5.60 Å². The zero-order chi connectivity index (χ0) is 28.7. The highest BCUT2D eigenvalue weighted by Gasteiger charge is 2.60. The zero-order valence-electron chi connectivity index (χ0n) is 21.1. The molecule has 1 aliphatic rings. The number of nitriles is 1. The van der Waals surface area contributed by atoms with E-state index in [9.17, 15) is 41.2 Å². The van der Waals surface area contributed by atoms with E-state index in [0.717, 1.165) is 11.3 Å². The molecule has 2 rings (SSSR count). The molecule has 1 amide bonds. The van der Waals surface area contributed by atoms with E-state index in [-0.39, 0.29) is 50.6 Å². The zero-order valence-corrected chi connectivity index (χ0v) is 21.1. The Bertz CT molecular complexity index is 1000. The number of rotatable bonds is 9. The van der Waals surface area contributed by atoms with Crippen LogP contribution in [0.5, 0.6) is 5.75 Å². The van der Waals surface area contributed by atoms with Crippen molar-refractivity contribution in [2.24, 2.45) is 0 Å². The van der Waals surface area contributed by atoms with Crippen LogP contribution in [0.4, 0.5) is 31.1 Å². The van der Waals surface area contributed by atoms with Crippen LogP contribution in [0.3, 0.4) is 0 Å². The lowest BCUT2D eigenvalue weighted by Crippen LogP contribution is -2.52. The first-order valence-electron chi connectivity index (χ1n) is 11.8. The minimum absolute atomic E-state index is 0.125. The second-order valence-electron chi connectivity index (χ2n) is 9.19. The van der Waals surface area contributed by atoms with Crippen molar-refractivity contribution in [3.63, 3.8) is 0 Å². The van der Waals surface area contributed by atoms with Gasteiger partial charge in [-0.1, -0.05) is 13.3 Å². The Balaban J connectivity index is 2.01. The maximum atomic E-state index is 12.7. The highest BCUT2D eigenvalue weighted by Crippen LogP contribution is 2.36. The summed E-state index contributed by atoms with van der Waals surface area (Å²) in [6.07, 6.45) is -15.9. The summed E-state index contributed by atoms with van der Waals surface area (Å²) in [6, 6.07) is 6.64. The topological polar surface area (TPSA) is 92.1 Å².